The van der Waals surface area contributed by atoms with Crippen molar-refractivity contribution < 1.29 is 0 Å². The van der Waals surface area contributed by atoms with Gasteiger partial charge in [0, 0.05) is 0 Å². The van der Waals surface area contributed by atoms with Crippen molar-refractivity contribution in [1.29, 1.82) is 0 Å². The number of rotatable bonds is 3. The van der Waals surface area contributed by atoms with E-state index in [1.807, 2.05) is 72.8 Å². The van der Waals surface area contributed by atoms with E-state index in [0.717, 1.165) is 0 Å². The van der Waals surface area contributed by atoms with Crippen LogP contribution in [0, 0.1) is 0 Å². The van der Waals surface area contributed by atoms with Gasteiger partial charge in [0.25, 0.3) is 0 Å². The van der Waals surface area contributed by atoms with Gasteiger partial charge in [0.1, 0.15) is 0 Å². The van der Waals surface area contributed by atoms with E-state index in [9.17, 15) is 0 Å². The van der Waals surface area contributed by atoms with Gasteiger partial charge in [-0.3, -0.25) is 0 Å². The summed E-state index contributed by atoms with van der Waals surface area (Å²) in [4.78, 5) is 0. The number of hydrogen-bond donors (Lipinski definition) is 0. The Balaban J connectivity index is 0.000000245. The van der Waals surface area contributed by atoms with Crippen molar-refractivity contribution in [1.82, 2.24) is 0 Å². The lowest BCUT2D eigenvalue weighted by molar-refractivity contribution is 1.65. The standard InChI is InChI=1S/C14H12.C8H8.C2H4/c1-3-7-13(8-4-1)11-12-14-9-5-2-6-10-14;1-2-8-6-4-3-5-7-8;1-2/h1-12H;2-7H,1H2;1-2H2. The number of hydrogen-bond acceptors (Lipinski definition) is 0. The minimum atomic E-state index is 1.17. The van der Waals surface area contributed by atoms with Crippen molar-refractivity contribution in [3.63, 3.8) is 0 Å². The lowest BCUT2D eigenvalue weighted by atomic mass is 10.1. The summed E-state index contributed by atoms with van der Waals surface area (Å²) in [6, 6.07) is 30.7. The molecule has 3 aromatic carbocycles. The van der Waals surface area contributed by atoms with Crippen LogP contribution in [0.2, 0.25) is 0 Å². The third kappa shape index (κ3) is 7.77. The van der Waals surface area contributed by atoms with Crippen LogP contribution in [0.25, 0.3) is 18.2 Å². The summed E-state index contributed by atoms with van der Waals surface area (Å²) < 4.78 is 0. The van der Waals surface area contributed by atoms with E-state index in [1.165, 1.54) is 16.7 Å². The second-order valence-corrected chi connectivity index (χ2v) is 4.77. The van der Waals surface area contributed by atoms with Crippen LogP contribution in [0.5, 0.6) is 0 Å². The average Bonchev–Trinajstić information content (AvgIpc) is 2.71. The Morgan fingerprint density at radius 2 is 0.750 bits per heavy atom. The highest BCUT2D eigenvalue weighted by Gasteiger charge is 1.84. The maximum atomic E-state index is 3.63. The summed E-state index contributed by atoms with van der Waals surface area (Å²) in [5.74, 6) is 0. The minimum Gasteiger partial charge on any atom is -0.106 e. The van der Waals surface area contributed by atoms with E-state index < -0.39 is 0 Å². The Bertz CT molecular complexity index is 653. The average molecular weight is 312 g/mol. The molecule has 24 heavy (non-hydrogen) atoms. The Morgan fingerprint density at radius 1 is 0.458 bits per heavy atom. The molecule has 0 saturated heterocycles. The SMILES string of the molecule is C(=Cc1ccccc1)c1ccccc1.C=C.C=Cc1ccccc1. The third-order valence-electron chi connectivity index (χ3n) is 3.10. The zero-order valence-electron chi connectivity index (χ0n) is 14.0. The summed E-state index contributed by atoms with van der Waals surface area (Å²) in [6.45, 7) is 9.63. The highest BCUT2D eigenvalue weighted by molar-refractivity contribution is 5.69. The van der Waals surface area contributed by atoms with E-state index in [-0.39, 0.29) is 0 Å². The van der Waals surface area contributed by atoms with Crippen molar-refractivity contribution in [2.45, 2.75) is 0 Å². The predicted octanol–water partition coefficient (Wildman–Crippen LogP) is 6.99. The van der Waals surface area contributed by atoms with Crippen LogP contribution in [0.4, 0.5) is 0 Å². The molecule has 0 aromatic heterocycles. The summed E-state index contributed by atoms with van der Waals surface area (Å²) in [5.41, 5.74) is 3.64. The van der Waals surface area contributed by atoms with Crippen molar-refractivity contribution >= 4 is 18.2 Å². The maximum Gasteiger partial charge on any atom is -0.0256 e. The van der Waals surface area contributed by atoms with Gasteiger partial charge in [0.2, 0.25) is 0 Å². The first kappa shape index (κ1) is 18.9. The molecule has 120 valence electrons. The lowest BCUT2D eigenvalue weighted by Gasteiger charge is -1.92. The molecule has 0 saturated carbocycles. The highest BCUT2D eigenvalue weighted by atomic mass is 13.9. The molecule has 3 aromatic rings. The fourth-order valence-electron chi connectivity index (χ4n) is 1.91. The molecule has 0 unspecified atom stereocenters. The van der Waals surface area contributed by atoms with E-state index in [0.29, 0.717) is 0 Å². The van der Waals surface area contributed by atoms with Gasteiger partial charge < -0.3 is 0 Å². The Morgan fingerprint density at radius 3 is 1.00 bits per heavy atom. The van der Waals surface area contributed by atoms with Crippen LogP contribution in [-0.2, 0) is 0 Å². The third-order valence-corrected chi connectivity index (χ3v) is 3.10. The van der Waals surface area contributed by atoms with Gasteiger partial charge in [-0.25, -0.2) is 0 Å². The van der Waals surface area contributed by atoms with Gasteiger partial charge in [-0.1, -0.05) is 116 Å². The maximum absolute atomic E-state index is 3.63. The van der Waals surface area contributed by atoms with Gasteiger partial charge in [0.05, 0.1) is 0 Å². The van der Waals surface area contributed by atoms with Gasteiger partial charge in [-0.2, -0.15) is 0 Å². The zero-order chi connectivity index (χ0) is 17.5. The van der Waals surface area contributed by atoms with E-state index in [2.05, 4.69) is 56.2 Å². The van der Waals surface area contributed by atoms with Crippen molar-refractivity contribution in [2.24, 2.45) is 0 Å². The summed E-state index contributed by atoms with van der Waals surface area (Å²) in [7, 11) is 0. The second-order valence-electron chi connectivity index (χ2n) is 4.77. The molecule has 0 aliphatic heterocycles. The largest absolute Gasteiger partial charge is 0.106 e. The van der Waals surface area contributed by atoms with Crippen molar-refractivity contribution in [3.8, 4) is 0 Å². The van der Waals surface area contributed by atoms with Crippen molar-refractivity contribution in [2.75, 3.05) is 0 Å². The quantitative estimate of drug-likeness (QED) is 0.361. The smallest absolute Gasteiger partial charge is 0.0256 e. The molecule has 0 heteroatoms. The van der Waals surface area contributed by atoms with E-state index >= 15 is 0 Å². The summed E-state index contributed by atoms with van der Waals surface area (Å²) in [5, 5.41) is 0. The molecular formula is C24H24. The second kappa shape index (κ2) is 12.4. The van der Waals surface area contributed by atoms with Crippen LogP contribution < -0.4 is 0 Å². The number of benzene rings is 3. The minimum absolute atomic E-state index is 1.17. The molecule has 0 radical (unpaired) electrons. The Hall–Kier alpha value is -3.12. The molecule has 0 aliphatic carbocycles. The monoisotopic (exact) mass is 312 g/mol. The summed E-state index contributed by atoms with van der Waals surface area (Å²) >= 11 is 0. The molecule has 0 aliphatic rings. The molecule has 0 bridgehead atoms. The fourth-order valence-corrected chi connectivity index (χ4v) is 1.91. The van der Waals surface area contributed by atoms with Gasteiger partial charge in [-0.05, 0) is 16.7 Å². The first-order valence-electron chi connectivity index (χ1n) is 7.84. The van der Waals surface area contributed by atoms with E-state index in [1.54, 1.807) is 0 Å². The van der Waals surface area contributed by atoms with Crippen molar-refractivity contribution in [3.05, 3.63) is 127 Å². The normalized spacial score (nSPS) is 9.17. The molecule has 0 heterocycles. The molecule has 3 rings (SSSR count). The van der Waals surface area contributed by atoms with Gasteiger partial charge >= 0.3 is 0 Å². The van der Waals surface area contributed by atoms with Gasteiger partial charge in [-0.15, -0.1) is 13.2 Å². The molecule has 0 N–H and O–H groups in total. The molecule has 0 fully saturated rings. The molecule has 0 atom stereocenters. The van der Waals surface area contributed by atoms with Crippen LogP contribution in [0.1, 0.15) is 16.7 Å². The highest BCUT2D eigenvalue weighted by Crippen LogP contribution is 2.06. The zero-order valence-corrected chi connectivity index (χ0v) is 14.0. The molecular weight excluding hydrogens is 288 g/mol. The van der Waals surface area contributed by atoms with Crippen LogP contribution in [0.3, 0.4) is 0 Å². The van der Waals surface area contributed by atoms with Crippen LogP contribution in [0.15, 0.2) is 111 Å². The topological polar surface area (TPSA) is 0 Å². The first-order valence-corrected chi connectivity index (χ1v) is 7.84. The first-order chi connectivity index (χ1) is 11.9. The molecule has 0 nitrogen and oxygen atoms in total. The Labute approximate surface area is 146 Å². The Kier molecular flexibility index (Phi) is 9.80. The fraction of sp³-hybridized carbons (Fsp3) is 0. The van der Waals surface area contributed by atoms with Crippen LogP contribution >= 0.6 is 0 Å². The van der Waals surface area contributed by atoms with E-state index in [4.69, 9.17) is 0 Å². The van der Waals surface area contributed by atoms with Gasteiger partial charge in [0.15, 0.2) is 0 Å². The van der Waals surface area contributed by atoms with Crippen LogP contribution in [-0.4, -0.2) is 0 Å². The molecule has 0 spiro atoms. The molecule has 0 amide bonds. The summed E-state index contributed by atoms with van der Waals surface area (Å²) in [6.07, 6.45) is 6.07. The predicted molar refractivity (Wildman–Crippen MR) is 110 cm³/mol. The lowest BCUT2D eigenvalue weighted by Crippen LogP contribution is -1.70.